The van der Waals surface area contributed by atoms with Gasteiger partial charge in [-0.2, -0.15) is 0 Å². The van der Waals surface area contributed by atoms with E-state index in [1.165, 1.54) is 7.11 Å². The molecule has 5 nitrogen and oxygen atoms in total. The van der Waals surface area contributed by atoms with Gasteiger partial charge in [0.15, 0.2) is 0 Å². The third-order valence-electron chi connectivity index (χ3n) is 2.62. The van der Waals surface area contributed by atoms with E-state index in [2.05, 4.69) is 4.74 Å². The van der Waals surface area contributed by atoms with Crippen molar-refractivity contribution >= 4 is 11.7 Å². The maximum atomic E-state index is 11.3. The smallest absolute Gasteiger partial charge is 0.337 e. The van der Waals surface area contributed by atoms with Crippen LogP contribution < -0.4 is 4.90 Å². The summed E-state index contributed by atoms with van der Waals surface area (Å²) in [5.41, 5.74) is 1.31. The molecule has 2 atom stereocenters. The molecule has 0 bridgehead atoms. The van der Waals surface area contributed by atoms with Crippen LogP contribution in [-0.2, 0) is 4.74 Å². The molecule has 0 saturated heterocycles. The number of nitrogens with zero attached hydrogens (tertiary/aromatic N) is 1. The van der Waals surface area contributed by atoms with Gasteiger partial charge in [-0.15, -0.1) is 0 Å². The largest absolute Gasteiger partial charge is 0.465 e. The van der Waals surface area contributed by atoms with E-state index in [0.717, 1.165) is 5.69 Å². The minimum atomic E-state index is -0.501. The van der Waals surface area contributed by atoms with Crippen LogP contribution in [0.1, 0.15) is 38.1 Å². The minimum absolute atomic E-state index is 0.385. The van der Waals surface area contributed by atoms with Gasteiger partial charge in [-0.1, -0.05) is 13.8 Å². The zero-order valence-electron chi connectivity index (χ0n) is 13.5. The van der Waals surface area contributed by atoms with E-state index in [1.807, 2.05) is 18.7 Å². The van der Waals surface area contributed by atoms with Crippen molar-refractivity contribution < 1.29 is 19.7 Å². The fourth-order valence-corrected chi connectivity index (χ4v) is 1.85. The summed E-state index contributed by atoms with van der Waals surface area (Å²) in [6.45, 7) is 8.22. The molecule has 5 heteroatoms. The van der Waals surface area contributed by atoms with Crippen molar-refractivity contribution in [2.75, 3.05) is 25.1 Å². The number of esters is 1. The van der Waals surface area contributed by atoms with Crippen LogP contribution in [0.4, 0.5) is 5.69 Å². The Bertz CT molecular complexity index is 391. The second kappa shape index (κ2) is 10.2. The van der Waals surface area contributed by atoms with E-state index >= 15 is 0 Å². The lowest BCUT2D eigenvalue weighted by molar-refractivity contribution is 0.0600. The van der Waals surface area contributed by atoms with Gasteiger partial charge in [0, 0.05) is 18.8 Å². The molecule has 0 aliphatic carbocycles. The SMILES string of the molecule is CC.COC(=O)c1ccc(N(CC(C)O)CC(C)O)cc1. The first kappa shape index (κ1) is 19.4. The van der Waals surface area contributed by atoms with Crippen molar-refractivity contribution in [2.24, 2.45) is 0 Å². The summed E-state index contributed by atoms with van der Waals surface area (Å²) in [4.78, 5) is 13.2. The number of carbonyl (C=O) groups excluding carboxylic acids is 1. The number of carbonyl (C=O) groups is 1. The van der Waals surface area contributed by atoms with Gasteiger partial charge in [-0.05, 0) is 38.1 Å². The first-order chi connectivity index (χ1) is 9.93. The van der Waals surface area contributed by atoms with Crippen molar-refractivity contribution in [3.05, 3.63) is 29.8 Å². The Morgan fingerprint density at radius 3 is 1.86 bits per heavy atom. The van der Waals surface area contributed by atoms with Gasteiger partial charge in [0.2, 0.25) is 0 Å². The molecule has 0 saturated carbocycles. The van der Waals surface area contributed by atoms with Crippen LogP contribution in [0.3, 0.4) is 0 Å². The lowest BCUT2D eigenvalue weighted by atomic mass is 10.1. The van der Waals surface area contributed by atoms with Crippen LogP contribution >= 0.6 is 0 Å². The fraction of sp³-hybridized carbons (Fsp3) is 0.562. The normalized spacial score (nSPS) is 12.7. The zero-order chi connectivity index (χ0) is 16.4. The maximum Gasteiger partial charge on any atom is 0.337 e. The first-order valence-corrected chi connectivity index (χ1v) is 7.23. The van der Waals surface area contributed by atoms with E-state index in [0.29, 0.717) is 18.7 Å². The number of hydrogen-bond acceptors (Lipinski definition) is 5. The summed E-state index contributed by atoms with van der Waals surface area (Å²) < 4.78 is 4.63. The molecule has 1 aromatic carbocycles. The van der Waals surface area contributed by atoms with Crippen LogP contribution in [0.15, 0.2) is 24.3 Å². The Balaban J connectivity index is 0.00000191. The highest BCUT2D eigenvalue weighted by atomic mass is 16.5. The lowest BCUT2D eigenvalue weighted by Crippen LogP contribution is -2.36. The Labute approximate surface area is 127 Å². The monoisotopic (exact) mass is 297 g/mol. The molecule has 120 valence electrons. The predicted octanol–water partition coefficient (Wildman–Crippen LogP) is 2.07. The van der Waals surface area contributed by atoms with Gasteiger partial charge >= 0.3 is 5.97 Å². The van der Waals surface area contributed by atoms with Crippen LogP contribution in [0.5, 0.6) is 0 Å². The number of hydrogen-bond donors (Lipinski definition) is 2. The number of rotatable bonds is 6. The molecule has 0 fully saturated rings. The highest BCUT2D eigenvalue weighted by molar-refractivity contribution is 5.89. The molecule has 0 amide bonds. The molecule has 0 spiro atoms. The molecular formula is C16H27NO4. The van der Waals surface area contributed by atoms with Gasteiger partial charge in [-0.25, -0.2) is 4.79 Å². The molecule has 0 radical (unpaired) electrons. The van der Waals surface area contributed by atoms with Gasteiger partial charge in [-0.3, -0.25) is 0 Å². The van der Waals surface area contributed by atoms with Crippen LogP contribution in [0.25, 0.3) is 0 Å². The van der Waals surface area contributed by atoms with Crippen molar-refractivity contribution in [1.29, 1.82) is 0 Å². The number of aliphatic hydroxyl groups excluding tert-OH is 2. The number of benzene rings is 1. The van der Waals surface area contributed by atoms with Crippen molar-refractivity contribution in [2.45, 2.75) is 39.9 Å². The summed E-state index contributed by atoms with van der Waals surface area (Å²) in [6.07, 6.45) is -1.00. The maximum absolute atomic E-state index is 11.3. The highest BCUT2D eigenvalue weighted by Gasteiger charge is 2.13. The van der Waals surface area contributed by atoms with E-state index in [1.54, 1.807) is 38.1 Å². The summed E-state index contributed by atoms with van der Waals surface area (Å²) in [6, 6.07) is 6.88. The van der Waals surface area contributed by atoms with Gasteiger partial charge in [0.1, 0.15) is 0 Å². The zero-order valence-corrected chi connectivity index (χ0v) is 13.5. The summed E-state index contributed by atoms with van der Waals surface area (Å²) >= 11 is 0. The molecular weight excluding hydrogens is 270 g/mol. The van der Waals surface area contributed by atoms with Crippen molar-refractivity contribution in [3.8, 4) is 0 Å². The molecule has 21 heavy (non-hydrogen) atoms. The Hall–Kier alpha value is -1.59. The van der Waals surface area contributed by atoms with Crippen LogP contribution in [0, 0.1) is 0 Å². The van der Waals surface area contributed by atoms with E-state index in [4.69, 9.17) is 0 Å². The van der Waals surface area contributed by atoms with Gasteiger partial charge < -0.3 is 19.8 Å². The highest BCUT2D eigenvalue weighted by Crippen LogP contribution is 2.16. The minimum Gasteiger partial charge on any atom is -0.465 e. The van der Waals surface area contributed by atoms with Gasteiger partial charge in [0.25, 0.3) is 0 Å². The average Bonchev–Trinajstić information content (AvgIpc) is 2.47. The van der Waals surface area contributed by atoms with Crippen molar-refractivity contribution in [1.82, 2.24) is 0 Å². The Kier molecular flexibility index (Phi) is 9.41. The average molecular weight is 297 g/mol. The fourth-order valence-electron chi connectivity index (χ4n) is 1.85. The van der Waals surface area contributed by atoms with Crippen LogP contribution in [0.2, 0.25) is 0 Å². The Morgan fingerprint density at radius 1 is 1.10 bits per heavy atom. The standard InChI is InChI=1S/C14H21NO4.C2H6/c1-10(16)8-15(9-11(2)17)13-6-4-12(5-7-13)14(18)19-3;1-2/h4-7,10-11,16-17H,8-9H2,1-3H3;1-2H3. The quantitative estimate of drug-likeness (QED) is 0.787. The number of anilines is 1. The van der Waals surface area contributed by atoms with E-state index in [9.17, 15) is 15.0 Å². The molecule has 1 aromatic rings. The molecule has 2 unspecified atom stereocenters. The molecule has 0 aliphatic heterocycles. The lowest BCUT2D eigenvalue weighted by Gasteiger charge is -2.27. The molecule has 1 rings (SSSR count). The molecule has 0 aliphatic rings. The summed E-state index contributed by atoms with van der Waals surface area (Å²) in [5, 5.41) is 19.0. The third kappa shape index (κ3) is 7.11. The second-order valence-corrected chi connectivity index (χ2v) is 4.64. The molecule has 0 aromatic heterocycles. The number of methoxy groups -OCH3 is 1. The van der Waals surface area contributed by atoms with E-state index < -0.39 is 12.2 Å². The summed E-state index contributed by atoms with van der Waals surface area (Å²) in [7, 11) is 1.34. The predicted molar refractivity (Wildman–Crippen MR) is 84.7 cm³/mol. The van der Waals surface area contributed by atoms with Crippen molar-refractivity contribution in [3.63, 3.8) is 0 Å². The number of aliphatic hydroxyl groups is 2. The molecule has 0 heterocycles. The number of ether oxygens (including phenoxy) is 1. The molecule has 2 N–H and O–H groups in total. The second-order valence-electron chi connectivity index (χ2n) is 4.64. The summed E-state index contributed by atoms with van der Waals surface area (Å²) in [5.74, 6) is -0.385. The Morgan fingerprint density at radius 2 is 1.52 bits per heavy atom. The third-order valence-corrected chi connectivity index (χ3v) is 2.62. The van der Waals surface area contributed by atoms with E-state index in [-0.39, 0.29) is 5.97 Å². The van der Waals surface area contributed by atoms with Gasteiger partial charge in [0.05, 0.1) is 24.9 Å². The first-order valence-electron chi connectivity index (χ1n) is 7.23. The van der Waals surface area contributed by atoms with Crippen LogP contribution in [-0.4, -0.2) is 48.6 Å². The topological polar surface area (TPSA) is 70.0 Å².